The van der Waals surface area contributed by atoms with Crippen molar-refractivity contribution in [3.63, 3.8) is 0 Å². The molecular weight excluding hydrogens is 268 g/mol. The second-order valence-corrected chi connectivity index (χ2v) is 5.63. The largest absolute Gasteiger partial charge is 0.464 e. The van der Waals surface area contributed by atoms with Gasteiger partial charge in [-0.1, -0.05) is 12.1 Å². The maximum absolute atomic E-state index is 12.0. The number of carbonyl (C=O) groups excluding carboxylic acids is 2. The number of rotatable bonds is 3. The highest BCUT2D eigenvalue weighted by molar-refractivity contribution is 5.89. The van der Waals surface area contributed by atoms with Gasteiger partial charge >= 0.3 is 5.97 Å². The van der Waals surface area contributed by atoms with E-state index in [2.05, 4.69) is 0 Å². The van der Waals surface area contributed by atoms with Crippen LogP contribution in [0.1, 0.15) is 36.8 Å². The quantitative estimate of drug-likeness (QED) is 0.812. The molecule has 1 aromatic heterocycles. The molecule has 1 saturated carbocycles. The molecule has 2 aromatic rings. The second-order valence-electron chi connectivity index (χ2n) is 5.63. The summed E-state index contributed by atoms with van der Waals surface area (Å²) >= 11 is 0. The van der Waals surface area contributed by atoms with Crippen LogP contribution in [0.5, 0.6) is 0 Å². The van der Waals surface area contributed by atoms with Crippen LogP contribution in [0.2, 0.25) is 0 Å². The average molecular weight is 286 g/mol. The van der Waals surface area contributed by atoms with Crippen LogP contribution in [0.4, 0.5) is 0 Å². The lowest BCUT2D eigenvalue weighted by molar-refractivity contribution is -0.156. The van der Waals surface area contributed by atoms with Gasteiger partial charge in [-0.3, -0.25) is 9.59 Å². The van der Waals surface area contributed by atoms with Gasteiger partial charge in [0.25, 0.3) is 0 Å². The molecule has 21 heavy (non-hydrogen) atoms. The van der Waals surface area contributed by atoms with Crippen molar-refractivity contribution in [1.29, 1.82) is 0 Å². The Morgan fingerprint density at radius 3 is 3.05 bits per heavy atom. The number of aryl methyl sites for hydroxylation is 1. The molecule has 0 unspecified atom stereocenters. The molecule has 4 nitrogen and oxygen atoms in total. The van der Waals surface area contributed by atoms with Crippen LogP contribution in [0.3, 0.4) is 0 Å². The van der Waals surface area contributed by atoms with Gasteiger partial charge in [-0.2, -0.15) is 0 Å². The van der Waals surface area contributed by atoms with Crippen molar-refractivity contribution in [3.05, 3.63) is 35.6 Å². The summed E-state index contributed by atoms with van der Waals surface area (Å²) in [5.74, 6) is -0.319. The molecular formula is C17H18O4. The van der Waals surface area contributed by atoms with E-state index in [1.54, 1.807) is 6.26 Å². The number of esters is 1. The highest BCUT2D eigenvalue weighted by atomic mass is 16.5. The fourth-order valence-electron chi connectivity index (χ4n) is 2.76. The number of furan rings is 1. The zero-order valence-electron chi connectivity index (χ0n) is 12.1. The Hall–Kier alpha value is -2.10. The van der Waals surface area contributed by atoms with Crippen molar-refractivity contribution >= 4 is 22.7 Å². The Morgan fingerprint density at radius 2 is 2.24 bits per heavy atom. The molecule has 0 amide bonds. The Labute approximate surface area is 123 Å². The topological polar surface area (TPSA) is 56.5 Å². The minimum Gasteiger partial charge on any atom is -0.464 e. The van der Waals surface area contributed by atoms with Crippen molar-refractivity contribution in [1.82, 2.24) is 0 Å². The summed E-state index contributed by atoms with van der Waals surface area (Å²) in [5, 5.41) is 0.924. The molecule has 0 N–H and O–H groups in total. The zero-order chi connectivity index (χ0) is 14.8. The van der Waals surface area contributed by atoms with Gasteiger partial charge in [-0.15, -0.1) is 0 Å². The maximum Gasteiger partial charge on any atom is 0.311 e. The van der Waals surface area contributed by atoms with Gasteiger partial charge < -0.3 is 9.15 Å². The highest BCUT2D eigenvalue weighted by Gasteiger charge is 2.26. The molecule has 0 aliphatic heterocycles. The highest BCUT2D eigenvalue weighted by Crippen LogP contribution is 2.24. The van der Waals surface area contributed by atoms with Crippen molar-refractivity contribution in [3.8, 4) is 0 Å². The van der Waals surface area contributed by atoms with Crippen LogP contribution in [0.15, 0.2) is 28.9 Å². The first-order chi connectivity index (χ1) is 10.1. The van der Waals surface area contributed by atoms with Crippen molar-refractivity contribution in [2.24, 2.45) is 0 Å². The SMILES string of the molecule is Cc1ccc2c(CC(=O)O[C@H]3CCCCC3=O)coc2c1. The molecule has 1 fully saturated rings. The van der Waals surface area contributed by atoms with E-state index >= 15 is 0 Å². The van der Waals surface area contributed by atoms with Crippen LogP contribution in [0.25, 0.3) is 11.0 Å². The third kappa shape index (κ3) is 2.99. The van der Waals surface area contributed by atoms with E-state index < -0.39 is 6.10 Å². The third-order valence-electron chi connectivity index (χ3n) is 3.92. The summed E-state index contributed by atoms with van der Waals surface area (Å²) in [4.78, 5) is 23.7. The molecule has 1 aromatic carbocycles. The normalized spacial score (nSPS) is 18.9. The molecule has 1 atom stereocenters. The standard InChI is InChI=1S/C17H18O4/c1-11-6-7-13-12(10-20-16(13)8-11)9-17(19)21-15-5-3-2-4-14(15)18/h6-8,10,15H,2-5,9H2,1H3/t15-/m0/s1. The van der Waals surface area contributed by atoms with Gasteiger partial charge in [0.1, 0.15) is 5.58 Å². The first-order valence-electron chi connectivity index (χ1n) is 7.32. The van der Waals surface area contributed by atoms with E-state index in [0.717, 1.165) is 34.9 Å². The van der Waals surface area contributed by atoms with E-state index in [9.17, 15) is 9.59 Å². The number of fused-ring (bicyclic) bond motifs is 1. The number of Topliss-reactive ketones (excluding diaryl/α,β-unsaturated/α-hetero) is 1. The van der Waals surface area contributed by atoms with Gasteiger partial charge in [0.2, 0.25) is 0 Å². The van der Waals surface area contributed by atoms with E-state index in [1.807, 2.05) is 25.1 Å². The van der Waals surface area contributed by atoms with Gasteiger partial charge in [0.15, 0.2) is 11.9 Å². The molecule has 1 aliphatic carbocycles. The van der Waals surface area contributed by atoms with E-state index in [0.29, 0.717) is 12.8 Å². The van der Waals surface area contributed by atoms with Gasteiger partial charge in [-0.05, 0) is 37.8 Å². The molecule has 3 rings (SSSR count). The minimum atomic E-state index is -0.549. The van der Waals surface area contributed by atoms with Crippen LogP contribution in [-0.2, 0) is 20.7 Å². The fourth-order valence-corrected chi connectivity index (χ4v) is 2.76. The van der Waals surface area contributed by atoms with E-state index in [1.165, 1.54) is 0 Å². The summed E-state index contributed by atoms with van der Waals surface area (Å²) in [6.45, 7) is 1.99. The van der Waals surface area contributed by atoms with Crippen molar-refractivity contribution < 1.29 is 18.7 Å². The smallest absolute Gasteiger partial charge is 0.311 e. The second kappa shape index (κ2) is 5.72. The summed E-state index contributed by atoms with van der Waals surface area (Å²) < 4.78 is 10.8. The molecule has 1 aliphatic rings. The molecule has 0 radical (unpaired) electrons. The monoisotopic (exact) mass is 286 g/mol. The Bertz CT molecular complexity index is 683. The van der Waals surface area contributed by atoms with Crippen LogP contribution in [-0.4, -0.2) is 17.9 Å². The lowest BCUT2D eigenvalue weighted by Crippen LogP contribution is -2.30. The number of ketones is 1. The minimum absolute atomic E-state index is 0.0438. The summed E-state index contributed by atoms with van der Waals surface area (Å²) in [7, 11) is 0. The Kier molecular flexibility index (Phi) is 3.78. The zero-order valence-corrected chi connectivity index (χ0v) is 12.1. The fraction of sp³-hybridized carbons (Fsp3) is 0.412. The average Bonchev–Trinajstić information content (AvgIpc) is 2.83. The molecule has 4 heteroatoms. The molecule has 1 heterocycles. The van der Waals surface area contributed by atoms with Gasteiger partial charge in [0, 0.05) is 17.4 Å². The summed E-state index contributed by atoms with van der Waals surface area (Å²) in [6, 6.07) is 5.87. The molecule has 110 valence electrons. The number of carbonyl (C=O) groups is 2. The Balaban J connectivity index is 1.70. The maximum atomic E-state index is 12.0. The predicted octanol–water partition coefficient (Wildman–Crippen LogP) is 3.34. The number of ether oxygens (including phenoxy) is 1. The van der Waals surface area contributed by atoms with E-state index in [4.69, 9.17) is 9.15 Å². The van der Waals surface area contributed by atoms with Crippen LogP contribution in [0, 0.1) is 6.92 Å². The Morgan fingerprint density at radius 1 is 1.38 bits per heavy atom. The number of hydrogen-bond donors (Lipinski definition) is 0. The summed E-state index contributed by atoms with van der Waals surface area (Å²) in [5.41, 5.74) is 2.68. The number of benzene rings is 1. The van der Waals surface area contributed by atoms with Gasteiger partial charge in [0.05, 0.1) is 12.7 Å². The van der Waals surface area contributed by atoms with Crippen LogP contribution < -0.4 is 0 Å². The first kappa shape index (κ1) is 13.9. The van der Waals surface area contributed by atoms with Gasteiger partial charge in [-0.25, -0.2) is 0 Å². The third-order valence-corrected chi connectivity index (χ3v) is 3.92. The first-order valence-corrected chi connectivity index (χ1v) is 7.32. The van der Waals surface area contributed by atoms with Crippen molar-refractivity contribution in [2.45, 2.75) is 45.1 Å². The lowest BCUT2D eigenvalue weighted by atomic mass is 9.96. The lowest BCUT2D eigenvalue weighted by Gasteiger charge is -2.20. The van der Waals surface area contributed by atoms with Crippen molar-refractivity contribution in [2.75, 3.05) is 0 Å². The van der Waals surface area contributed by atoms with E-state index in [-0.39, 0.29) is 18.2 Å². The predicted molar refractivity (Wildman–Crippen MR) is 78.0 cm³/mol. The summed E-state index contributed by atoms with van der Waals surface area (Å²) in [6.07, 6.45) is 4.19. The number of hydrogen-bond acceptors (Lipinski definition) is 4. The molecule has 0 bridgehead atoms. The van der Waals surface area contributed by atoms with Crippen LogP contribution >= 0.6 is 0 Å². The molecule has 0 spiro atoms. The molecule has 0 saturated heterocycles.